The Bertz CT molecular complexity index is 1080. The molecule has 6 heteroatoms. The highest BCUT2D eigenvalue weighted by atomic mass is 32.1. The van der Waals surface area contributed by atoms with E-state index < -0.39 is 0 Å². The van der Waals surface area contributed by atoms with Crippen molar-refractivity contribution in [3.8, 4) is 17.1 Å². The second kappa shape index (κ2) is 7.25. The number of nitrogens with zero attached hydrogens (tertiary/aromatic N) is 2. The Kier molecular flexibility index (Phi) is 4.64. The molecule has 0 spiro atoms. The van der Waals surface area contributed by atoms with Gasteiger partial charge in [-0.25, -0.2) is 4.68 Å². The van der Waals surface area contributed by atoms with Crippen molar-refractivity contribution in [2.75, 3.05) is 0 Å². The number of aryl methyl sites for hydroxylation is 2. The number of furan rings is 1. The molecule has 0 saturated heterocycles. The van der Waals surface area contributed by atoms with E-state index in [0.717, 1.165) is 16.3 Å². The molecule has 0 unspecified atom stereocenters. The molecule has 0 saturated carbocycles. The van der Waals surface area contributed by atoms with Gasteiger partial charge in [-0.15, -0.1) is 11.3 Å². The fraction of sp³-hybridized carbons (Fsp3) is 0.143. The molecule has 1 aromatic carbocycles. The molecule has 0 bridgehead atoms. The van der Waals surface area contributed by atoms with E-state index in [9.17, 15) is 4.79 Å². The fourth-order valence-electron chi connectivity index (χ4n) is 2.84. The molecule has 1 N–H and O–H groups in total. The molecule has 0 aliphatic heterocycles. The Labute approximate surface area is 161 Å². The summed E-state index contributed by atoms with van der Waals surface area (Å²) in [6.45, 7) is 4.41. The molecule has 0 atom stereocenters. The topological polar surface area (TPSA) is 60.1 Å². The molecule has 3 aromatic heterocycles. The fourth-order valence-corrected chi connectivity index (χ4v) is 3.68. The van der Waals surface area contributed by atoms with E-state index >= 15 is 0 Å². The van der Waals surface area contributed by atoms with Crippen LogP contribution >= 0.6 is 11.3 Å². The van der Waals surface area contributed by atoms with Gasteiger partial charge in [0.25, 0.3) is 5.91 Å². The summed E-state index contributed by atoms with van der Waals surface area (Å²) >= 11 is 1.64. The van der Waals surface area contributed by atoms with Crippen LogP contribution in [0.15, 0.2) is 64.5 Å². The lowest BCUT2D eigenvalue weighted by molar-refractivity contribution is 0.0951. The maximum atomic E-state index is 12.9. The lowest BCUT2D eigenvalue weighted by Crippen LogP contribution is -2.22. The molecule has 0 fully saturated rings. The Balaban J connectivity index is 1.68. The Morgan fingerprint density at radius 3 is 2.63 bits per heavy atom. The molecule has 0 aliphatic rings. The summed E-state index contributed by atoms with van der Waals surface area (Å²) in [5, 5.41) is 9.64. The average Bonchev–Trinajstić information content (AvgIpc) is 3.40. The van der Waals surface area contributed by atoms with Crippen LogP contribution in [0.1, 0.15) is 26.6 Å². The molecule has 5 nitrogen and oxygen atoms in total. The van der Waals surface area contributed by atoms with Gasteiger partial charge in [0, 0.05) is 11.1 Å². The van der Waals surface area contributed by atoms with Crippen molar-refractivity contribution in [1.29, 1.82) is 0 Å². The maximum Gasteiger partial charge on any atom is 0.255 e. The third-order valence-electron chi connectivity index (χ3n) is 4.33. The first-order valence-corrected chi connectivity index (χ1v) is 9.53. The van der Waals surface area contributed by atoms with Gasteiger partial charge in [0.15, 0.2) is 5.76 Å². The van der Waals surface area contributed by atoms with E-state index in [2.05, 4.69) is 16.5 Å². The lowest BCUT2D eigenvalue weighted by atomic mass is 10.2. The van der Waals surface area contributed by atoms with E-state index in [0.29, 0.717) is 23.6 Å². The third kappa shape index (κ3) is 3.57. The van der Waals surface area contributed by atoms with Crippen LogP contribution in [0.3, 0.4) is 0 Å². The van der Waals surface area contributed by atoms with Crippen molar-refractivity contribution in [2.24, 2.45) is 0 Å². The van der Waals surface area contributed by atoms with Crippen LogP contribution in [0.25, 0.3) is 17.1 Å². The smallest absolute Gasteiger partial charge is 0.255 e. The second-order valence-corrected chi connectivity index (χ2v) is 7.29. The number of carbonyl (C=O) groups is 1. The normalized spacial score (nSPS) is 10.9. The number of para-hydroxylation sites is 1. The predicted octanol–water partition coefficient (Wildman–Crippen LogP) is 4.74. The van der Waals surface area contributed by atoms with Crippen LogP contribution in [-0.4, -0.2) is 15.7 Å². The number of rotatable bonds is 5. The average molecular weight is 377 g/mol. The highest BCUT2D eigenvalue weighted by molar-refractivity contribution is 7.10. The van der Waals surface area contributed by atoms with Gasteiger partial charge in [-0.1, -0.05) is 18.2 Å². The van der Waals surface area contributed by atoms with Crippen LogP contribution < -0.4 is 5.32 Å². The van der Waals surface area contributed by atoms with Crippen molar-refractivity contribution in [2.45, 2.75) is 20.4 Å². The molecule has 3 heterocycles. The molecular weight excluding hydrogens is 358 g/mol. The van der Waals surface area contributed by atoms with E-state index in [1.54, 1.807) is 22.2 Å². The van der Waals surface area contributed by atoms with E-state index in [1.165, 1.54) is 5.56 Å². The first-order valence-electron chi connectivity index (χ1n) is 8.65. The zero-order chi connectivity index (χ0) is 18.8. The third-order valence-corrected chi connectivity index (χ3v) is 5.35. The summed E-state index contributed by atoms with van der Waals surface area (Å²) in [5.74, 6) is 1.19. The van der Waals surface area contributed by atoms with E-state index in [4.69, 9.17) is 4.42 Å². The number of thiophene rings is 1. The highest BCUT2D eigenvalue weighted by Crippen LogP contribution is 2.26. The second-order valence-electron chi connectivity index (χ2n) is 6.29. The van der Waals surface area contributed by atoms with Gasteiger partial charge < -0.3 is 9.73 Å². The molecule has 0 aliphatic carbocycles. The number of aromatic nitrogens is 2. The maximum absolute atomic E-state index is 12.9. The summed E-state index contributed by atoms with van der Waals surface area (Å²) in [5.41, 5.74) is 3.09. The molecule has 1 amide bonds. The van der Waals surface area contributed by atoms with Gasteiger partial charge in [0.05, 0.1) is 17.8 Å². The largest absolute Gasteiger partial charge is 0.460 e. The number of hydrogen-bond donors (Lipinski definition) is 1. The molecule has 0 radical (unpaired) electrons. The highest BCUT2D eigenvalue weighted by Gasteiger charge is 2.21. The number of carbonyl (C=O) groups excluding carboxylic acids is 1. The van der Waals surface area contributed by atoms with Gasteiger partial charge >= 0.3 is 0 Å². The number of amides is 1. The lowest BCUT2D eigenvalue weighted by Gasteiger charge is -2.04. The van der Waals surface area contributed by atoms with E-state index in [-0.39, 0.29) is 5.91 Å². The van der Waals surface area contributed by atoms with Gasteiger partial charge in [0.1, 0.15) is 11.5 Å². The standard InChI is InChI=1S/C21H19N3O2S/c1-14-10-11-27-19(14)12-22-21(25)17-13-24(16-6-4-3-5-7-16)23-20(17)18-9-8-15(2)26-18/h3-11,13H,12H2,1-2H3,(H,22,25). The summed E-state index contributed by atoms with van der Waals surface area (Å²) < 4.78 is 7.43. The molecule has 27 heavy (non-hydrogen) atoms. The van der Waals surface area contributed by atoms with Gasteiger partial charge in [-0.05, 0) is 55.1 Å². The zero-order valence-corrected chi connectivity index (χ0v) is 15.9. The first kappa shape index (κ1) is 17.3. The minimum Gasteiger partial charge on any atom is -0.460 e. The molecule has 136 valence electrons. The summed E-state index contributed by atoms with van der Waals surface area (Å²) in [6.07, 6.45) is 1.75. The Morgan fingerprint density at radius 1 is 1.15 bits per heavy atom. The first-order chi connectivity index (χ1) is 13.1. The van der Waals surface area contributed by atoms with Crippen LogP contribution in [0.2, 0.25) is 0 Å². The number of hydrogen-bond acceptors (Lipinski definition) is 4. The molecule has 4 rings (SSSR count). The van der Waals surface area contributed by atoms with Crippen molar-refractivity contribution in [1.82, 2.24) is 15.1 Å². The number of benzene rings is 1. The van der Waals surface area contributed by atoms with E-state index in [1.807, 2.05) is 61.7 Å². The van der Waals surface area contributed by atoms with Crippen molar-refractivity contribution in [3.05, 3.63) is 81.9 Å². The Morgan fingerprint density at radius 2 is 1.96 bits per heavy atom. The van der Waals surface area contributed by atoms with Crippen molar-refractivity contribution in [3.63, 3.8) is 0 Å². The summed E-state index contributed by atoms with van der Waals surface area (Å²) in [7, 11) is 0. The number of nitrogens with one attached hydrogen (secondary N) is 1. The predicted molar refractivity (Wildman–Crippen MR) is 106 cm³/mol. The van der Waals surface area contributed by atoms with Gasteiger partial charge in [-0.3, -0.25) is 4.79 Å². The molecule has 4 aromatic rings. The summed E-state index contributed by atoms with van der Waals surface area (Å²) in [4.78, 5) is 14.0. The quantitative estimate of drug-likeness (QED) is 0.546. The van der Waals surface area contributed by atoms with Crippen molar-refractivity contribution >= 4 is 17.2 Å². The Hall–Kier alpha value is -3.12. The van der Waals surface area contributed by atoms with Crippen LogP contribution in [0.4, 0.5) is 0 Å². The van der Waals surface area contributed by atoms with Crippen LogP contribution in [-0.2, 0) is 6.54 Å². The SMILES string of the molecule is Cc1ccc(-c2nn(-c3ccccc3)cc2C(=O)NCc2sccc2C)o1. The van der Waals surface area contributed by atoms with Gasteiger partial charge in [0.2, 0.25) is 0 Å². The van der Waals surface area contributed by atoms with Crippen LogP contribution in [0.5, 0.6) is 0 Å². The molecular formula is C21H19N3O2S. The minimum absolute atomic E-state index is 0.172. The van der Waals surface area contributed by atoms with Crippen LogP contribution in [0, 0.1) is 13.8 Å². The monoisotopic (exact) mass is 377 g/mol. The van der Waals surface area contributed by atoms with Crippen molar-refractivity contribution < 1.29 is 9.21 Å². The minimum atomic E-state index is -0.172. The zero-order valence-electron chi connectivity index (χ0n) is 15.1. The van der Waals surface area contributed by atoms with Gasteiger partial charge in [-0.2, -0.15) is 5.10 Å². The summed E-state index contributed by atoms with van der Waals surface area (Å²) in [6, 6.07) is 15.5.